The van der Waals surface area contributed by atoms with Crippen LogP contribution in [0.15, 0.2) is 30.3 Å². The van der Waals surface area contributed by atoms with Crippen LogP contribution in [-0.4, -0.2) is 36.3 Å². The summed E-state index contributed by atoms with van der Waals surface area (Å²) in [5.74, 6) is -0.169. The van der Waals surface area contributed by atoms with Gasteiger partial charge in [-0.3, -0.25) is 14.5 Å². The van der Waals surface area contributed by atoms with Gasteiger partial charge in [0.1, 0.15) is 11.8 Å². The minimum atomic E-state index is -0.306. The van der Waals surface area contributed by atoms with Crippen molar-refractivity contribution in [2.75, 3.05) is 13.7 Å². The average Bonchev–Trinajstić information content (AvgIpc) is 2.83. The van der Waals surface area contributed by atoms with Crippen LogP contribution in [0.1, 0.15) is 18.9 Å². The minimum absolute atomic E-state index is 0.0622. The maximum Gasteiger partial charge on any atom is 0.323 e. The molecule has 102 valence electrons. The number of hydrogen-bond donors (Lipinski definition) is 0. The molecule has 1 saturated heterocycles. The molecule has 0 bridgehead atoms. The maximum atomic E-state index is 11.8. The van der Waals surface area contributed by atoms with E-state index in [1.165, 1.54) is 7.11 Å². The van der Waals surface area contributed by atoms with Crippen molar-refractivity contribution in [2.45, 2.75) is 25.9 Å². The van der Waals surface area contributed by atoms with E-state index in [1.807, 2.05) is 35.2 Å². The first-order valence-electron chi connectivity index (χ1n) is 6.48. The Morgan fingerprint density at radius 1 is 1.32 bits per heavy atom. The molecule has 2 rings (SSSR count). The molecule has 0 aliphatic carbocycles. The molecule has 0 N–H and O–H groups in total. The second kappa shape index (κ2) is 5.97. The van der Waals surface area contributed by atoms with Gasteiger partial charge in [-0.25, -0.2) is 0 Å². The van der Waals surface area contributed by atoms with Crippen molar-refractivity contribution in [1.29, 1.82) is 0 Å². The van der Waals surface area contributed by atoms with E-state index in [-0.39, 0.29) is 23.7 Å². The third-order valence-corrected chi connectivity index (χ3v) is 3.68. The molecule has 0 unspecified atom stereocenters. The molecule has 1 fully saturated rings. The van der Waals surface area contributed by atoms with Crippen LogP contribution >= 0.6 is 0 Å². The molecule has 1 aliphatic rings. The molecule has 0 saturated carbocycles. The summed E-state index contributed by atoms with van der Waals surface area (Å²) in [4.78, 5) is 25.4. The lowest BCUT2D eigenvalue weighted by atomic mass is 10.0. The van der Waals surface area contributed by atoms with Crippen molar-refractivity contribution >= 4 is 11.8 Å². The van der Waals surface area contributed by atoms with E-state index < -0.39 is 0 Å². The minimum Gasteiger partial charge on any atom is -0.468 e. The highest BCUT2D eigenvalue weighted by Crippen LogP contribution is 2.26. The molecule has 4 heteroatoms. The van der Waals surface area contributed by atoms with Crippen LogP contribution in [0, 0.1) is 5.92 Å². The summed E-state index contributed by atoms with van der Waals surface area (Å²) in [6, 6.07) is 9.65. The third kappa shape index (κ3) is 3.20. The van der Waals surface area contributed by atoms with E-state index in [4.69, 9.17) is 4.74 Å². The Balaban J connectivity index is 2.11. The summed E-state index contributed by atoms with van der Waals surface area (Å²) in [7, 11) is 1.39. The fourth-order valence-electron chi connectivity index (χ4n) is 2.57. The first-order valence-corrected chi connectivity index (χ1v) is 6.48. The number of benzene rings is 1. The van der Waals surface area contributed by atoms with Crippen molar-refractivity contribution < 1.29 is 14.3 Å². The molecule has 1 aromatic carbocycles. The zero-order valence-corrected chi connectivity index (χ0v) is 11.3. The number of likely N-dealkylation sites (tertiary alicyclic amines) is 1. The van der Waals surface area contributed by atoms with Crippen molar-refractivity contribution in [2.24, 2.45) is 5.92 Å². The van der Waals surface area contributed by atoms with Gasteiger partial charge in [-0.05, 0) is 18.9 Å². The average molecular weight is 261 g/mol. The topological polar surface area (TPSA) is 46.6 Å². The van der Waals surface area contributed by atoms with Gasteiger partial charge in [0.05, 0.1) is 7.11 Å². The van der Waals surface area contributed by atoms with Crippen LogP contribution in [-0.2, 0) is 20.9 Å². The van der Waals surface area contributed by atoms with E-state index in [9.17, 15) is 9.59 Å². The van der Waals surface area contributed by atoms with Gasteiger partial charge in [-0.2, -0.15) is 0 Å². The van der Waals surface area contributed by atoms with Crippen LogP contribution < -0.4 is 0 Å². The number of methoxy groups -OCH3 is 1. The monoisotopic (exact) mass is 261 g/mol. The Labute approximate surface area is 113 Å². The molecule has 0 spiro atoms. The predicted octanol–water partition coefficient (Wildman–Crippen LogP) is 1.64. The number of ketones is 1. The van der Waals surface area contributed by atoms with Gasteiger partial charge in [0.25, 0.3) is 0 Å². The Morgan fingerprint density at radius 3 is 2.58 bits per heavy atom. The van der Waals surface area contributed by atoms with Crippen molar-refractivity contribution in [3.8, 4) is 0 Å². The van der Waals surface area contributed by atoms with Gasteiger partial charge < -0.3 is 4.74 Å². The highest BCUT2D eigenvalue weighted by molar-refractivity contribution is 5.82. The third-order valence-electron chi connectivity index (χ3n) is 3.68. The molecule has 4 nitrogen and oxygen atoms in total. The molecular formula is C15H19NO3. The second-order valence-corrected chi connectivity index (χ2v) is 5.00. The molecule has 19 heavy (non-hydrogen) atoms. The smallest absolute Gasteiger partial charge is 0.323 e. The van der Waals surface area contributed by atoms with Crippen molar-refractivity contribution in [3.05, 3.63) is 35.9 Å². The first-order chi connectivity index (χ1) is 9.11. The zero-order valence-electron chi connectivity index (χ0n) is 11.3. The number of carbonyl (C=O) groups is 2. The number of ether oxygens (including phenoxy) is 1. The van der Waals surface area contributed by atoms with Gasteiger partial charge in [-0.1, -0.05) is 30.3 Å². The van der Waals surface area contributed by atoms with Crippen LogP contribution in [0.25, 0.3) is 0 Å². The highest BCUT2D eigenvalue weighted by atomic mass is 16.5. The van der Waals surface area contributed by atoms with E-state index in [1.54, 1.807) is 6.92 Å². The molecule has 2 atom stereocenters. The largest absolute Gasteiger partial charge is 0.468 e. The maximum absolute atomic E-state index is 11.8. The van der Waals surface area contributed by atoms with Crippen LogP contribution in [0.2, 0.25) is 0 Å². The van der Waals surface area contributed by atoms with E-state index >= 15 is 0 Å². The lowest BCUT2D eigenvalue weighted by Crippen LogP contribution is -2.36. The number of hydrogen-bond acceptors (Lipinski definition) is 4. The van der Waals surface area contributed by atoms with Gasteiger partial charge >= 0.3 is 5.97 Å². The quantitative estimate of drug-likeness (QED) is 0.773. The molecule has 0 amide bonds. The van der Waals surface area contributed by atoms with Gasteiger partial charge in [-0.15, -0.1) is 0 Å². The normalized spacial score (nSPS) is 23.3. The molecular weight excluding hydrogens is 242 g/mol. The van der Waals surface area contributed by atoms with Gasteiger partial charge in [0, 0.05) is 19.0 Å². The number of Topliss-reactive ketones (excluding diaryl/α,β-unsaturated/α-hetero) is 1. The highest BCUT2D eigenvalue weighted by Gasteiger charge is 2.39. The molecule has 1 heterocycles. The second-order valence-electron chi connectivity index (χ2n) is 5.00. The Hall–Kier alpha value is -1.68. The number of esters is 1. The Morgan fingerprint density at radius 2 is 2.00 bits per heavy atom. The molecule has 0 aromatic heterocycles. The fourth-order valence-corrected chi connectivity index (χ4v) is 2.57. The number of carbonyl (C=O) groups excluding carboxylic acids is 2. The van der Waals surface area contributed by atoms with E-state index in [2.05, 4.69) is 0 Å². The number of rotatable bonds is 4. The lowest BCUT2D eigenvalue weighted by Gasteiger charge is -2.22. The predicted molar refractivity (Wildman–Crippen MR) is 71.4 cm³/mol. The van der Waals surface area contributed by atoms with E-state index in [0.717, 1.165) is 5.56 Å². The summed E-state index contributed by atoms with van der Waals surface area (Å²) in [6.07, 6.45) is 0.564. The summed E-state index contributed by atoms with van der Waals surface area (Å²) in [6.45, 7) is 2.89. The van der Waals surface area contributed by atoms with Gasteiger partial charge in [0.15, 0.2) is 0 Å². The van der Waals surface area contributed by atoms with Crippen LogP contribution in [0.5, 0.6) is 0 Å². The fraction of sp³-hybridized carbons (Fsp3) is 0.467. The summed E-state index contributed by atoms with van der Waals surface area (Å²) >= 11 is 0. The first kappa shape index (κ1) is 13.7. The summed E-state index contributed by atoms with van der Waals surface area (Å²) < 4.78 is 4.84. The van der Waals surface area contributed by atoms with Crippen molar-refractivity contribution in [3.63, 3.8) is 0 Å². The molecule has 1 aliphatic heterocycles. The molecule has 0 radical (unpaired) electrons. The van der Waals surface area contributed by atoms with Crippen LogP contribution in [0.4, 0.5) is 0 Å². The Kier molecular flexibility index (Phi) is 4.32. The molecule has 1 aromatic rings. The standard InChI is InChI=1S/C15H19NO3/c1-11(17)13-8-14(15(18)19-2)16(10-13)9-12-6-4-3-5-7-12/h3-7,13-14H,8-10H2,1-2H3/t13-,14-/m1/s1. The van der Waals surface area contributed by atoms with Crippen LogP contribution in [0.3, 0.4) is 0 Å². The summed E-state index contributed by atoms with van der Waals surface area (Å²) in [5, 5.41) is 0. The Bertz CT molecular complexity index is 458. The lowest BCUT2D eigenvalue weighted by molar-refractivity contribution is -0.146. The summed E-state index contributed by atoms with van der Waals surface area (Å²) in [5.41, 5.74) is 1.14. The SMILES string of the molecule is COC(=O)[C@H]1C[C@@H](C(C)=O)CN1Cc1ccccc1. The van der Waals surface area contributed by atoms with E-state index in [0.29, 0.717) is 19.5 Å². The van der Waals surface area contributed by atoms with Gasteiger partial charge in [0.2, 0.25) is 0 Å². The van der Waals surface area contributed by atoms with Crippen molar-refractivity contribution in [1.82, 2.24) is 4.90 Å². The number of nitrogens with zero attached hydrogens (tertiary/aromatic N) is 1. The zero-order chi connectivity index (χ0) is 13.8.